The van der Waals surface area contributed by atoms with Gasteiger partial charge in [0.05, 0.1) is 24.2 Å². The van der Waals surface area contributed by atoms with Crippen molar-refractivity contribution in [1.82, 2.24) is 4.31 Å². The van der Waals surface area contributed by atoms with Gasteiger partial charge in [-0.05, 0) is 42.8 Å². The molecular formula is C20H27N3O4S. The third-order valence-electron chi connectivity index (χ3n) is 4.26. The molecule has 2 aromatic carbocycles. The maximum atomic E-state index is 12.7. The predicted octanol–water partition coefficient (Wildman–Crippen LogP) is 3.08. The monoisotopic (exact) mass is 405 g/mol. The van der Waals surface area contributed by atoms with Gasteiger partial charge < -0.3 is 15.4 Å². The topological polar surface area (TPSA) is 87.7 Å². The zero-order chi connectivity index (χ0) is 20.7. The molecule has 0 aromatic heterocycles. The summed E-state index contributed by atoms with van der Waals surface area (Å²) in [5, 5.41) is 5.77. The number of hydrogen-bond donors (Lipinski definition) is 2. The molecule has 152 valence electrons. The third-order valence-corrected chi connectivity index (χ3v) is 6.30. The minimum absolute atomic E-state index is 0.0287. The Labute approximate surface area is 166 Å². The zero-order valence-corrected chi connectivity index (χ0v) is 17.5. The van der Waals surface area contributed by atoms with Crippen molar-refractivity contribution in [3.63, 3.8) is 0 Å². The summed E-state index contributed by atoms with van der Waals surface area (Å²) >= 11 is 0. The van der Waals surface area contributed by atoms with Crippen LogP contribution in [0.2, 0.25) is 0 Å². The first-order valence-electron chi connectivity index (χ1n) is 9.10. The maximum absolute atomic E-state index is 12.7. The smallest absolute Gasteiger partial charge is 0.243 e. The van der Waals surface area contributed by atoms with Crippen LogP contribution in [0, 0.1) is 6.92 Å². The molecule has 1 amide bonds. The van der Waals surface area contributed by atoms with Crippen LogP contribution in [0.15, 0.2) is 47.4 Å². The number of benzene rings is 2. The minimum atomic E-state index is -3.60. The summed E-state index contributed by atoms with van der Waals surface area (Å²) in [4.78, 5) is 12.4. The summed E-state index contributed by atoms with van der Waals surface area (Å²) < 4.78 is 32.1. The Morgan fingerprint density at radius 2 is 1.82 bits per heavy atom. The van der Waals surface area contributed by atoms with E-state index in [0.29, 0.717) is 30.2 Å². The molecule has 0 heterocycles. The summed E-state index contributed by atoms with van der Waals surface area (Å²) in [6.45, 7) is 6.26. The second-order valence-corrected chi connectivity index (χ2v) is 8.16. The molecule has 8 heteroatoms. The quantitative estimate of drug-likeness (QED) is 0.669. The maximum Gasteiger partial charge on any atom is 0.243 e. The molecule has 0 aliphatic rings. The Bertz CT molecular complexity index is 925. The molecule has 0 fully saturated rings. The van der Waals surface area contributed by atoms with Crippen LogP contribution in [-0.4, -0.2) is 45.4 Å². The highest BCUT2D eigenvalue weighted by atomic mass is 32.2. The number of carbonyl (C=O) groups excluding carboxylic acids is 1. The molecule has 0 aliphatic carbocycles. The van der Waals surface area contributed by atoms with Crippen LogP contribution in [0.3, 0.4) is 0 Å². The Kier molecular flexibility index (Phi) is 7.42. The number of anilines is 2. The average Bonchev–Trinajstić information content (AvgIpc) is 2.66. The minimum Gasteiger partial charge on any atom is -0.495 e. The SMILES string of the molecule is CCN(CC)S(=O)(=O)c1ccc(OC)c(NCC(=O)Nc2cccc(C)c2)c1. The fourth-order valence-electron chi connectivity index (χ4n) is 2.80. The molecule has 0 saturated carbocycles. The third kappa shape index (κ3) is 5.24. The molecular weight excluding hydrogens is 378 g/mol. The van der Waals surface area contributed by atoms with Gasteiger partial charge in [0.15, 0.2) is 0 Å². The van der Waals surface area contributed by atoms with Gasteiger partial charge in [0.2, 0.25) is 15.9 Å². The Balaban J connectivity index is 2.17. The van der Waals surface area contributed by atoms with Crippen molar-refractivity contribution >= 4 is 27.3 Å². The van der Waals surface area contributed by atoms with E-state index in [-0.39, 0.29) is 17.3 Å². The lowest BCUT2D eigenvalue weighted by Gasteiger charge is -2.20. The summed E-state index contributed by atoms with van der Waals surface area (Å²) in [6, 6.07) is 12.1. The van der Waals surface area contributed by atoms with Gasteiger partial charge in [0.1, 0.15) is 5.75 Å². The number of nitrogens with one attached hydrogen (secondary N) is 2. The molecule has 2 rings (SSSR count). The molecule has 0 aliphatic heterocycles. The zero-order valence-electron chi connectivity index (χ0n) is 16.7. The van der Waals surface area contributed by atoms with Gasteiger partial charge in [-0.3, -0.25) is 4.79 Å². The molecule has 0 spiro atoms. The van der Waals surface area contributed by atoms with E-state index in [1.54, 1.807) is 19.9 Å². The number of methoxy groups -OCH3 is 1. The number of hydrogen-bond acceptors (Lipinski definition) is 5. The van der Waals surface area contributed by atoms with Gasteiger partial charge in [0, 0.05) is 18.8 Å². The van der Waals surface area contributed by atoms with Crippen molar-refractivity contribution in [2.45, 2.75) is 25.7 Å². The number of carbonyl (C=O) groups is 1. The van der Waals surface area contributed by atoms with E-state index in [2.05, 4.69) is 10.6 Å². The van der Waals surface area contributed by atoms with Crippen LogP contribution >= 0.6 is 0 Å². The van der Waals surface area contributed by atoms with Gasteiger partial charge in [-0.15, -0.1) is 0 Å². The lowest BCUT2D eigenvalue weighted by molar-refractivity contribution is -0.114. The summed E-state index contributed by atoms with van der Waals surface area (Å²) in [7, 11) is -2.11. The normalized spacial score (nSPS) is 11.3. The van der Waals surface area contributed by atoms with Crippen LogP contribution < -0.4 is 15.4 Å². The number of nitrogens with zero attached hydrogens (tertiary/aromatic N) is 1. The second kappa shape index (κ2) is 9.57. The fraction of sp³-hybridized carbons (Fsp3) is 0.350. The molecule has 2 aromatic rings. The van der Waals surface area contributed by atoms with Crippen molar-refractivity contribution in [2.75, 3.05) is 37.4 Å². The molecule has 0 saturated heterocycles. The van der Waals surface area contributed by atoms with Crippen LogP contribution in [0.1, 0.15) is 19.4 Å². The lowest BCUT2D eigenvalue weighted by Crippen LogP contribution is -2.30. The molecule has 0 unspecified atom stereocenters. The van der Waals surface area contributed by atoms with Gasteiger partial charge in [0.25, 0.3) is 0 Å². The first kappa shape index (κ1) is 21.7. The van der Waals surface area contributed by atoms with Crippen LogP contribution in [-0.2, 0) is 14.8 Å². The first-order valence-corrected chi connectivity index (χ1v) is 10.5. The predicted molar refractivity (Wildman–Crippen MR) is 111 cm³/mol. The van der Waals surface area contributed by atoms with E-state index < -0.39 is 10.0 Å². The van der Waals surface area contributed by atoms with E-state index >= 15 is 0 Å². The fourth-order valence-corrected chi connectivity index (χ4v) is 4.29. The van der Waals surface area contributed by atoms with Gasteiger partial charge >= 0.3 is 0 Å². The standard InChI is InChI=1S/C20H27N3O4S/c1-5-23(6-2)28(25,26)17-10-11-19(27-4)18(13-17)21-14-20(24)22-16-9-7-8-15(3)12-16/h7-13,21H,5-6,14H2,1-4H3,(H,22,24). The van der Waals surface area contributed by atoms with Crippen LogP contribution in [0.4, 0.5) is 11.4 Å². The largest absolute Gasteiger partial charge is 0.495 e. The van der Waals surface area contributed by atoms with E-state index in [1.165, 1.54) is 23.5 Å². The van der Waals surface area contributed by atoms with Crippen LogP contribution in [0.25, 0.3) is 0 Å². The summed E-state index contributed by atoms with van der Waals surface area (Å²) in [5.41, 5.74) is 2.19. The molecule has 0 atom stereocenters. The summed E-state index contributed by atoms with van der Waals surface area (Å²) in [6.07, 6.45) is 0. The van der Waals surface area contributed by atoms with Crippen molar-refractivity contribution < 1.29 is 17.9 Å². The van der Waals surface area contributed by atoms with Gasteiger partial charge in [-0.2, -0.15) is 4.31 Å². The number of sulfonamides is 1. The number of amides is 1. The highest BCUT2D eigenvalue weighted by Gasteiger charge is 2.23. The lowest BCUT2D eigenvalue weighted by atomic mass is 10.2. The Hall–Kier alpha value is -2.58. The highest BCUT2D eigenvalue weighted by molar-refractivity contribution is 7.89. The molecule has 0 radical (unpaired) electrons. The van der Waals surface area contributed by atoms with E-state index in [4.69, 9.17) is 4.74 Å². The first-order chi connectivity index (χ1) is 13.3. The Morgan fingerprint density at radius 1 is 1.11 bits per heavy atom. The van der Waals surface area contributed by atoms with Crippen molar-refractivity contribution in [3.05, 3.63) is 48.0 Å². The van der Waals surface area contributed by atoms with E-state index in [9.17, 15) is 13.2 Å². The second-order valence-electron chi connectivity index (χ2n) is 6.22. The molecule has 28 heavy (non-hydrogen) atoms. The molecule has 2 N–H and O–H groups in total. The average molecular weight is 406 g/mol. The number of rotatable bonds is 9. The van der Waals surface area contributed by atoms with Crippen molar-refractivity contribution in [3.8, 4) is 5.75 Å². The number of aryl methyl sites for hydroxylation is 1. The van der Waals surface area contributed by atoms with E-state index in [0.717, 1.165) is 5.56 Å². The Morgan fingerprint density at radius 3 is 2.43 bits per heavy atom. The van der Waals surface area contributed by atoms with Crippen molar-refractivity contribution in [2.24, 2.45) is 0 Å². The molecule has 0 bridgehead atoms. The van der Waals surface area contributed by atoms with E-state index in [1.807, 2.05) is 31.2 Å². The van der Waals surface area contributed by atoms with Gasteiger partial charge in [-0.1, -0.05) is 26.0 Å². The summed E-state index contributed by atoms with van der Waals surface area (Å²) in [5.74, 6) is 0.214. The van der Waals surface area contributed by atoms with Crippen LogP contribution in [0.5, 0.6) is 5.75 Å². The van der Waals surface area contributed by atoms with Crippen molar-refractivity contribution in [1.29, 1.82) is 0 Å². The van der Waals surface area contributed by atoms with Gasteiger partial charge in [-0.25, -0.2) is 8.42 Å². The molecule has 7 nitrogen and oxygen atoms in total. The highest BCUT2D eigenvalue weighted by Crippen LogP contribution is 2.28. The number of ether oxygens (including phenoxy) is 1.